The van der Waals surface area contributed by atoms with Crippen LogP contribution < -0.4 is 0 Å². The van der Waals surface area contributed by atoms with Crippen molar-refractivity contribution < 1.29 is 66.5 Å². The first-order chi connectivity index (χ1) is 14.9. The monoisotopic (exact) mass is 528 g/mol. The number of rotatable bonds is 4. The zero-order valence-electron chi connectivity index (χ0n) is 15.1. The first-order valence-electron chi connectivity index (χ1n) is 7.97. The van der Waals surface area contributed by atoms with Crippen LogP contribution in [0.4, 0.5) is 39.5 Å². The standard InChI is InChI=1S/C18H4F9N3O2.Cu/c19-6-1-4(2-7(20)11(6)23)16(31)8-14(17(26)27)29-30(18(8)32)15-12(24)9(21)5(3-28)10(22)13(15)25;/h1-2,17,32H;. The van der Waals surface area contributed by atoms with E-state index in [0.717, 1.165) is 6.07 Å². The average Bonchev–Trinajstić information content (AvgIpc) is 3.07. The molecule has 1 aromatic heterocycles. The molecule has 0 saturated carbocycles. The van der Waals surface area contributed by atoms with Crippen molar-refractivity contribution in [3.8, 4) is 17.6 Å². The van der Waals surface area contributed by atoms with Crippen LogP contribution in [0.25, 0.3) is 5.69 Å². The molecular formula is C18H4CuF9N3O2. The maximum Gasteiger partial charge on any atom is 0.283 e. The van der Waals surface area contributed by atoms with Crippen molar-refractivity contribution in [2.24, 2.45) is 0 Å². The van der Waals surface area contributed by atoms with Gasteiger partial charge in [0.05, 0.1) is 0 Å². The summed E-state index contributed by atoms with van der Waals surface area (Å²) in [5, 5.41) is 21.6. The minimum atomic E-state index is -3.75. The number of carbonyl (C=O) groups excluding carboxylic acids is 1. The number of carbonyl (C=O) groups is 1. The normalized spacial score (nSPS) is 10.8. The van der Waals surface area contributed by atoms with E-state index in [0.29, 0.717) is 0 Å². The van der Waals surface area contributed by atoms with Crippen molar-refractivity contribution in [3.05, 3.63) is 75.2 Å². The SMILES string of the molecule is N#Cc1c(F)c(F)c(-n2nc(C(F)F)c(C(=O)c3cc(F)c(F)c(F)c3)c2O)c(F)c1F.[Cu]. The molecule has 1 heterocycles. The van der Waals surface area contributed by atoms with E-state index in [-0.39, 0.29) is 29.2 Å². The van der Waals surface area contributed by atoms with Crippen LogP contribution in [0.2, 0.25) is 0 Å². The van der Waals surface area contributed by atoms with Gasteiger partial charge >= 0.3 is 0 Å². The number of halogens is 9. The van der Waals surface area contributed by atoms with Gasteiger partial charge in [0.15, 0.2) is 40.7 Å². The van der Waals surface area contributed by atoms with Crippen molar-refractivity contribution >= 4 is 5.78 Å². The van der Waals surface area contributed by atoms with Crippen molar-refractivity contribution in [1.82, 2.24) is 9.78 Å². The van der Waals surface area contributed by atoms with Crippen molar-refractivity contribution in [1.29, 1.82) is 5.26 Å². The van der Waals surface area contributed by atoms with Gasteiger partial charge in [-0.3, -0.25) is 4.79 Å². The van der Waals surface area contributed by atoms with E-state index < -0.39 is 91.6 Å². The maximum atomic E-state index is 14.3. The number of nitrogens with zero attached hydrogens (tertiary/aromatic N) is 3. The third kappa shape index (κ3) is 4.03. The largest absolute Gasteiger partial charge is 0.493 e. The van der Waals surface area contributed by atoms with Gasteiger partial charge in [-0.2, -0.15) is 15.0 Å². The molecule has 0 aliphatic heterocycles. The summed E-state index contributed by atoms with van der Waals surface area (Å²) in [6, 6.07) is 0.987. The van der Waals surface area contributed by atoms with Crippen molar-refractivity contribution in [2.75, 3.05) is 0 Å². The number of nitriles is 1. The van der Waals surface area contributed by atoms with Gasteiger partial charge in [0, 0.05) is 22.6 Å². The topological polar surface area (TPSA) is 78.9 Å². The van der Waals surface area contributed by atoms with Gasteiger partial charge in [-0.1, -0.05) is 0 Å². The Balaban J connectivity index is 0.00000385. The van der Waals surface area contributed by atoms with Crippen LogP contribution in [-0.4, -0.2) is 20.7 Å². The molecule has 0 bridgehead atoms. The van der Waals surface area contributed by atoms with Gasteiger partial charge in [0.1, 0.15) is 28.6 Å². The molecule has 0 aliphatic rings. The van der Waals surface area contributed by atoms with Crippen LogP contribution in [0, 0.1) is 52.1 Å². The van der Waals surface area contributed by atoms with Crippen LogP contribution >= 0.6 is 0 Å². The zero-order chi connectivity index (χ0) is 24.1. The van der Waals surface area contributed by atoms with E-state index in [9.17, 15) is 49.4 Å². The first kappa shape index (κ1) is 25.8. The summed E-state index contributed by atoms with van der Waals surface area (Å²) in [4.78, 5) is 12.5. The first-order valence-corrected chi connectivity index (χ1v) is 7.97. The van der Waals surface area contributed by atoms with Gasteiger partial charge < -0.3 is 5.11 Å². The van der Waals surface area contributed by atoms with Gasteiger partial charge in [0.25, 0.3) is 6.43 Å². The van der Waals surface area contributed by atoms with Crippen LogP contribution in [0.3, 0.4) is 0 Å². The fourth-order valence-electron chi connectivity index (χ4n) is 2.69. The van der Waals surface area contributed by atoms with Crippen molar-refractivity contribution in [3.63, 3.8) is 0 Å². The number of benzene rings is 2. The van der Waals surface area contributed by atoms with Crippen LogP contribution in [-0.2, 0) is 17.1 Å². The zero-order valence-corrected chi connectivity index (χ0v) is 16.1. The summed E-state index contributed by atoms with van der Waals surface area (Å²) in [5.41, 5.74) is -7.97. The molecule has 3 aromatic rings. The van der Waals surface area contributed by atoms with E-state index in [1.165, 1.54) is 0 Å². The van der Waals surface area contributed by atoms with Crippen LogP contribution in [0.15, 0.2) is 12.1 Å². The molecule has 33 heavy (non-hydrogen) atoms. The predicted octanol–water partition coefficient (Wildman–Crippen LogP) is 4.59. The van der Waals surface area contributed by atoms with E-state index in [2.05, 4.69) is 5.10 Å². The molecule has 1 N–H and O–H groups in total. The van der Waals surface area contributed by atoms with E-state index in [4.69, 9.17) is 5.26 Å². The number of aromatic hydroxyl groups is 1. The minimum absolute atomic E-state index is 0. The molecule has 0 atom stereocenters. The second-order valence-electron chi connectivity index (χ2n) is 5.97. The second kappa shape index (κ2) is 9.16. The summed E-state index contributed by atoms with van der Waals surface area (Å²) >= 11 is 0. The van der Waals surface area contributed by atoms with Gasteiger partial charge in [-0.15, -0.1) is 0 Å². The molecule has 3 rings (SSSR count). The number of hydrogen-bond acceptors (Lipinski definition) is 4. The summed E-state index contributed by atoms with van der Waals surface area (Å²) in [5.74, 6) is -18.6. The summed E-state index contributed by atoms with van der Waals surface area (Å²) in [6.07, 6.45) is -3.75. The molecule has 0 aliphatic carbocycles. The fraction of sp³-hybridized carbons (Fsp3) is 0.0556. The molecule has 177 valence electrons. The molecule has 5 nitrogen and oxygen atoms in total. The molecule has 15 heteroatoms. The number of alkyl halides is 2. The Labute approximate surface area is 187 Å². The maximum absolute atomic E-state index is 14.3. The Kier molecular flexibility index (Phi) is 7.15. The molecule has 0 unspecified atom stereocenters. The van der Waals surface area contributed by atoms with Gasteiger partial charge in [0.2, 0.25) is 11.7 Å². The Morgan fingerprint density at radius 1 is 0.939 bits per heavy atom. The average molecular weight is 529 g/mol. The molecule has 0 spiro atoms. The number of hydrogen-bond donors (Lipinski definition) is 1. The summed E-state index contributed by atoms with van der Waals surface area (Å²) in [6.45, 7) is 0. The molecule has 0 saturated heterocycles. The smallest absolute Gasteiger partial charge is 0.283 e. The van der Waals surface area contributed by atoms with Crippen LogP contribution in [0.1, 0.15) is 33.6 Å². The Morgan fingerprint density at radius 3 is 1.85 bits per heavy atom. The molecule has 2 aromatic carbocycles. The molecular weight excluding hydrogens is 525 g/mol. The third-order valence-electron chi connectivity index (χ3n) is 4.13. The molecule has 1 radical (unpaired) electrons. The number of aromatic nitrogens is 2. The van der Waals surface area contributed by atoms with Gasteiger partial charge in [-0.25, -0.2) is 39.5 Å². The van der Waals surface area contributed by atoms with Gasteiger partial charge in [-0.05, 0) is 12.1 Å². The predicted molar refractivity (Wildman–Crippen MR) is 84.5 cm³/mol. The van der Waals surface area contributed by atoms with E-state index in [1.807, 2.05) is 0 Å². The van der Waals surface area contributed by atoms with E-state index >= 15 is 0 Å². The summed E-state index contributed by atoms with van der Waals surface area (Å²) in [7, 11) is 0. The van der Waals surface area contributed by atoms with E-state index in [1.54, 1.807) is 0 Å². The molecule has 0 amide bonds. The Hall–Kier alpha value is -3.50. The fourth-order valence-corrected chi connectivity index (χ4v) is 2.69. The number of ketones is 1. The Morgan fingerprint density at radius 2 is 1.42 bits per heavy atom. The third-order valence-corrected chi connectivity index (χ3v) is 4.13. The Bertz CT molecular complexity index is 1280. The quantitative estimate of drug-likeness (QED) is 0.177. The molecule has 0 fully saturated rings. The minimum Gasteiger partial charge on any atom is -0.493 e. The van der Waals surface area contributed by atoms with Crippen molar-refractivity contribution in [2.45, 2.75) is 6.43 Å². The summed E-state index contributed by atoms with van der Waals surface area (Å²) < 4.78 is 122. The second-order valence-corrected chi connectivity index (χ2v) is 5.97. The van der Waals surface area contributed by atoms with Crippen LogP contribution in [0.5, 0.6) is 5.88 Å².